The Labute approximate surface area is 475 Å². The summed E-state index contributed by atoms with van der Waals surface area (Å²) in [5, 5.41) is 24.0. The molecule has 1 amide bonds. The number of nitrogens with one attached hydrogen (secondary N) is 5. The van der Waals surface area contributed by atoms with Gasteiger partial charge in [-0.1, -0.05) is 30.0 Å². The number of anilines is 2. The second-order valence-corrected chi connectivity index (χ2v) is 18.8. The number of hydrogen-bond acceptors (Lipinski definition) is 17. The third-order valence-corrected chi connectivity index (χ3v) is 13.8. The van der Waals surface area contributed by atoms with Gasteiger partial charge >= 0.3 is 12.1 Å². The van der Waals surface area contributed by atoms with Crippen molar-refractivity contribution in [2.75, 3.05) is 44.5 Å². The topological polar surface area (TPSA) is 261 Å². The van der Waals surface area contributed by atoms with Gasteiger partial charge in [-0.2, -0.15) is 19.8 Å². The third-order valence-electron chi connectivity index (χ3n) is 13.8. The van der Waals surface area contributed by atoms with Gasteiger partial charge in [-0.3, -0.25) is 23.0 Å². The molecule has 5 N–H and O–H groups in total. The van der Waals surface area contributed by atoms with Crippen molar-refractivity contribution < 1.29 is 42.2 Å². The van der Waals surface area contributed by atoms with Gasteiger partial charge in [0.05, 0.1) is 53.6 Å². The summed E-state index contributed by atoms with van der Waals surface area (Å²) in [4.78, 5) is 64.7. The van der Waals surface area contributed by atoms with Crippen molar-refractivity contribution in [2.24, 2.45) is 14.1 Å². The van der Waals surface area contributed by atoms with Crippen molar-refractivity contribution in [2.45, 2.75) is 73.0 Å². The molecule has 0 saturated carbocycles. The molecule has 26 heteroatoms. The summed E-state index contributed by atoms with van der Waals surface area (Å²) in [5.74, 6) is 1.62. The minimum Gasteiger partial charge on any atom is -0.493 e. The smallest absolute Gasteiger partial charge is 0.373 e. The number of nitrogens with zero attached hydrogens (tertiary/aromatic N) is 12. The van der Waals surface area contributed by atoms with Crippen molar-refractivity contribution in [3.8, 4) is 34.0 Å². The highest BCUT2D eigenvalue weighted by Gasteiger charge is 2.26. The van der Waals surface area contributed by atoms with Crippen molar-refractivity contribution in [1.82, 2.24) is 64.2 Å². The fraction of sp³-hybridized carbons (Fsp3) is 0.316. The summed E-state index contributed by atoms with van der Waals surface area (Å²) < 4.78 is 51.9. The van der Waals surface area contributed by atoms with Gasteiger partial charge in [-0.05, 0) is 76.2 Å². The van der Waals surface area contributed by atoms with Crippen molar-refractivity contribution in [1.29, 1.82) is 0 Å². The van der Waals surface area contributed by atoms with E-state index in [0.29, 0.717) is 90.5 Å². The van der Waals surface area contributed by atoms with E-state index in [1.165, 1.54) is 30.5 Å². The summed E-state index contributed by atoms with van der Waals surface area (Å²) >= 11 is 0. The van der Waals surface area contributed by atoms with Crippen LogP contribution in [-0.4, -0.2) is 100 Å². The highest BCUT2D eigenvalue weighted by atomic mass is 19.1. The Balaban J connectivity index is 0.000000169. The highest BCUT2D eigenvalue weighted by molar-refractivity contribution is 5.94. The van der Waals surface area contributed by atoms with Crippen LogP contribution in [0.5, 0.6) is 11.5 Å². The zero-order valence-electron chi connectivity index (χ0n) is 46.8. The number of dihydropyridines is 1. The lowest BCUT2D eigenvalue weighted by Crippen LogP contribution is -2.23. The monoisotopic (exact) mass is 1130 g/mol. The van der Waals surface area contributed by atoms with Gasteiger partial charge in [0.2, 0.25) is 23.2 Å². The quantitative estimate of drug-likeness (QED) is 0.0515. The number of carbonyl (C=O) groups excluding carboxylic acids is 4. The summed E-state index contributed by atoms with van der Waals surface area (Å²) in [6.07, 6.45) is 9.74. The van der Waals surface area contributed by atoms with Gasteiger partial charge in [0, 0.05) is 118 Å². The average molecular weight is 1130 g/mol. The first-order valence-corrected chi connectivity index (χ1v) is 26.2. The maximum atomic E-state index is 14.5. The Bertz CT molecular complexity index is 3970. The van der Waals surface area contributed by atoms with Crippen molar-refractivity contribution >= 4 is 52.9 Å². The minimum absolute atomic E-state index is 0.182. The Morgan fingerprint density at radius 3 is 1.77 bits per heavy atom. The number of fused-ring (bicyclic) bond motifs is 4. The molecule has 3 aliphatic heterocycles. The van der Waals surface area contributed by atoms with Gasteiger partial charge in [-0.25, -0.2) is 23.5 Å². The molecule has 0 atom stereocenters. The van der Waals surface area contributed by atoms with E-state index in [4.69, 9.17) is 36.9 Å². The second kappa shape index (κ2) is 26.3. The van der Waals surface area contributed by atoms with Crippen LogP contribution in [0.3, 0.4) is 0 Å². The number of carbonyl (C=O) groups is 2. The Hall–Kier alpha value is -10.3. The number of aromatic nitrogens is 10. The molecule has 3 aliphatic rings. The molecule has 11 rings (SSSR count). The lowest BCUT2D eigenvalue weighted by molar-refractivity contribution is -0.191. The minimum atomic E-state index is -0.316. The molecule has 0 radical (unpaired) electrons. The number of benzene rings is 2. The first kappa shape index (κ1) is 58.8. The number of halogens is 2. The molecule has 6 aromatic heterocycles. The second-order valence-electron chi connectivity index (χ2n) is 18.8. The molecule has 0 spiro atoms. The Morgan fingerprint density at radius 2 is 1.29 bits per heavy atom. The van der Waals surface area contributed by atoms with Crippen LogP contribution in [-0.2, 0) is 65.7 Å². The van der Waals surface area contributed by atoms with E-state index < -0.39 is 0 Å². The lowest BCUT2D eigenvalue weighted by atomic mass is 9.96. The zero-order valence-corrected chi connectivity index (χ0v) is 46.8. The standard InChI is InChI=1S/C22H19FN8O2.C22H21FN8O.C12H19NO2.CO2/c1-24-19-11-31-20(28-19)14(17-8-16(21(32)25-2)29-30(17)3)10-27-22(31)26-9-13-12-6-7-33-18(12)5-4-15(13)23;1-24-9-13-8-18(30(3)29-13)16-11-27-22(31-12-20(25-2)28-21(16)31)26-10-15-14-6-7-32-19(14)5-4-17(15)23;1-5-10-7-11(12(14)15-6-2)9(4)13-8(10)3;2-1-3/h4-5,8,10-11H,6-7,9H2,2-3H3,(H,25,32)(H,26,27);4-5,8,11-12,24H,6-7,9-10H2,1,3H3,(H,26,27);13H,5-7H2,1-4H3;. The number of amides is 1. The molecule has 24 nitrogen and oxygen atoms in total. The average Bonchev–Trinajstić information content (AvgIpc) is 4.50. The van der Waals surface area contributed by atoms with Crippen LogP contribution in [0.2, 0.25) is 0 Å². The summed E-state index contributed by atoms with van der Waals surface area (Å²) in [7, 11) is 6.97. The SMILES string of the molecule is CCOC(=O)C1=C(C)NC(C)=C(CC)C1.O=C=O.[C-]#[N+]c1cn2c(NCc3c(F)ccc4c3CCO4)ncc(-c3cc(C(=O)NC)nn3C)c2n1.[C-]#[N+]c1cn2c(NCc3c(F)ccc4c3CCO4)ncc(-c3cc(CNC)nn3C)c2n1. The van der Waals surface area contributed by atoms with E-state index in [1.807, 2.05) is 40.9 Å². The molecule has 83 heavy (non-hydrogen) atoms. The third kappa shape index (κ3) is 12.7. The van der Waals surface area contributed by atoms with Crippen LogP contribution in [0.15, 0.2) is 83.7 Å². The highest BCUT2D eigenvalue weighted by Crippen LogP contribution is 2.35. The fourth-order valence-electron chi connectivity index (χ4n) is 9.77. The van der Waals surface area contributed by atoms with E-state index in [0.717, 1.165) is 57.9 Å². The van der Waals surface area contributed by atoms with Crippen LogP contribution in [0, 0.1) is 24.8 Å². The Morgan fingerprint density at radius 1 is 0.771 bits per heavy atom. The number of hydrogen-bond donors (Lipinski definition) is 5. The van der Waals surface area contributed by atoms with Crippen molar-refractivity contribution in [3.63, 3.8) is 0 Å². The molecule has 8 aromatic rings. The van der Waals surface area contributed by atoms with E-state index in [2.05, 4.69) is 73.3 Å². The number of allylic oxidation sites excluding steroid dienone is 3. The van der Waals surface area contributed by atoms with Gasteiger partial charge in [0.1, 0.15) is 23.1 Å². The Kier molecular flexibility index (Phi) is 18.7. The fourth-order valence-corrected chi connectivity index (χ4v) is 9.77. The summed E-state index contributed by atoms with van der Waals surface area (Å²) in [5.41, 5.74) is 11.9. The lowest BCUT2D eigenvalue weighted by Gasteiger charge is -2.22. The maximum absolute atomic E-state index is 14.5. The van der Waals surface area contributed by atoms with Crippen molar-refractivity contribution in [3.05, 3.63) is 152 Å². The van der Waals surface area contributed by atoms with Crippen LogP contribution < -0.4 is 36.1 Å². The normalized spacial score (nSPS) is 12.8. The van der Waals surface area contributed by atoms with E-state index in [9.17, 15) is 18.4 Å². The number of ether oxygens (including phenoxy) is 3. The zero-order chi connectivity index (χ0) is 59.5. The van der Waals surface area contributed by atoms with Gasteiger partial charge < -0.3 is 50.5 Å². The van der Waals surface area contributed by atoms with Gasteiger partial charge in [0.25, 0.3) is 17.5 Å². The predicted octanol–water partition coefficient (Wildman–Crippen LogP) is 7.73. The maximum Gasteiger partial charge on any atom is 0.373 e. The predicted molar refractivity (Wildman–Crippen MR) is 300 cm³/mol. The number of rotatable bonds is 14. The van der Waals surface area contributed by atoms with Crippen LogP contribution >= 0.6 is 0 Å². The molecule has 0 unspecified atom stereocenters. The molecule has 0 saturated heterocycles. The molecular weight excluding hydrogens is 1070 g/mol. The van der Waals surface area contributed by atoms with E-state index >= 15 is 0 Å². The first-order valence-electron chi connectivity index (χ1n) is 26.2. The molecule has 0 bridgehead atoms. The summed E-state index contributed by atoms with van der Waals surface area (Å²) in [6.45, 7) is 25.2. The number of esters is 1. The van der Waals surface area contributed by atoms with Gasteiger partial charge in [-0.15, -0.1) is 0 Å². The molecular formula is C57H59F2N17O7. The molecule has 428 valence electrons. The van der Waals surface area contributed by atoms with Crippen LogP contribution in [0.4, 0.5) is 32.3 Å². The first-order chi connectivity index (χ1) is 40.1. The molecule has 0 fully saturated rings. The summed E-state index contributed by atoms with van der Waals surface area (Å²) in [6, 6.07) is 9.74. The largest absolute Gasteiger partial charge is 0.493 e. The van der Waals surface area contributed by atoms with E-state index in [1.54, 1.807) is 68.2 Å². The van der Waals surface area contributed by atoms with Crippen LogP contribution in [0.25, 0.3) is 43.5 Å². The number of imidazole rings is 2. The molecule has 2 aromatic carbocycles. The number of aryl methyl sites for hydroxylation is 2. The van der Waals surface area contributed by atoms with E-state index in [-0.39, 0.29) is 60.1 Å². The van der Waals surface area contributed by atoms with Gasteiger partial charge in [0.15, 0.2) is 5.69 Å². The molecule has 0 aliphatic carbocycles. The van der Waals surface area contributed by atoms with Crippen LogP contribution in [0.1, 0.15) is 79.0 Å². The molecule has 9 heterocycles.